The van der Waals surface area contributed by atoms with Gasteiger partial charge >= 0.3 is 0 Å². The molecule has 2 heterocycles. The average Bonchev–Trinajstić information content (AvgIpc) is 3.27. The topological polar surface area (TPSA) is 96.7 Å². The van der Waals surface area contributed by atoms with E-state index in [-0.39, 0.29) is 11.7 Å². The zero-order chi connectivity index (χ0) is 19.3. The van der Waals surface area contributed by atoms with E-state index in [2.05, 4.69) is 28.2 Å². The van der Waals surface area contributed by atoms with Gasteiger partial charge in [0.2, 0.25) is 5.91 Å². The number of carbonyl (C=O) groups is 1. The lowest BCUT2D eigenvalue weighted by molar-refractivity contribution is -0.120. The number of thioether (sulfide) groups is 1. The lowest BCUT2D eigenvalue weighted by Crippen LogP contribution is -2.49. The van der Waals surface area contributed by atoms with Crippen LogP contribution >= 0.6 is 11.8 Å². The van der Waals surface area contributed by atoms with Crippen molar-refractivity contribution in [3.8, 4) is 17.5 Å². The van der Waals surface area contributed by atoms with E-state index in [9.17, 15) is 10.1 Å². The number of furan rings is 1. The third kappa shape index (κ3) is 4.25. The Kier molecular flexibility index (Phi) is 6.01. The lowest BCUT2D eigenvalue weighted by Gasteiger charge is -2.31. The molecule has 142 valence electrons. The van der Waals surface area contributed by atoms with E-state index >= 15 is 0 Å². The van der Waals surface area contributed by atoms with E-state index in [1.165, 1.54) is 11.8 Å². The molecule has 1 N–H and O–H groups in total. The maximum absolute atomic E-state index is 12.4. The van der Waals surface area contributed by atoms with Crippen molar-refractivity contribution in [1.29, 1.82) is 5.26 Å². The number of allylic oxidation sites excluding steroid dienone is 1. The predicted molar refractivity (Wildman–Crippen MR) is 103 cm³/mol. The zero-order valence-electron chi connectivity index (χ0n) is 15.4. The Morgan fingerprint density at radius 1 is 1.48 bits per heavy atom. The van der Waals surface area contributed by atoms with E-state index < -0.39 is 5.54 Å². The molecule has 8 heteroatoms. The first-order chi connectivity index (χ1) is 13.1. The average molecular weight is 385 g/mol. The van der Waals surface area contributed by atoms with Crippen molar-refractivity contribution in [2.45, 2.75) is 56.3 Å². The van der Waals surface area contributed by atoms with E-state index in [0.29, 0.717) is 17.5 Å². The molecule has 2 aromatic heterocycles. The Bertz CT molecular complexity index is 858. The highest BCUT2D eigenvalue weighted by atomic mass is 32.2. The highest BCUT2D eigenvalue weighted by molar-refractivity contribution is 7.99. The molecule has 1 aliphatic rings. The number of nitrogens with zero attached hydrogens (tertiary/aromatic N) is 4. The van der Waals surface area contributed by atoms with Gasteiger partial charge in [-0.2, -0.15) is 5.26 Å². The summed E-state index contributed by atoms with van der Waals surface area (Å²) in [5.41, 5.74) is 0.148. The Labute approximate surface area is 162 Å². The normalized spacial score (nSPS) is 15.9. The minimum atomic E-state index is -0.719. The van der Waals surface area contributed by atoms with Gasteiger partial charge < -0.3 is 9.73 Å². The van der Waals surface area contributed by atoms with Gasteiger partial charge in [0.1, 0.15) is 11.3 Å². The minimum absolute atomic E-state index is 0.155. The summed E-state index contributed by atoms with van der Waals surface area (Å²) in [6, 6.07) is 4.16. The number of aryl methyl sites for hydroxylation is 1. The van der Waals surface area contributed by atoms with Gasteiger partial charge in [-0.15, -0.1) is 16.8 Å². The van der Waals surface area contributed by atoms with Gasteiger partial charge in [0.05, 0.1) is 23.6 Å². The summed E-state index contributed by atoms with van der Waals surface area (Å²) >= 11 is 1.31. The fraction of sp³-hybridized carbons (Fsp3) is 0.474. The third-order valence-corrected chi connectivity index (χ3v) is 5.73. The first-order valence-corrected chi connectivity index (χ1v) is 10.0. The maximum Gasteiger partial charge on any atom is 0.231 e. The molecular formula is C19H23N5O2S. The molecule has 0 atom stereocenters. The first-order valence-electron chi connectivity index (χ1n) is 9.02. The summed E-state index contributed by atoms with van der Waals surface area (Å²) in [4.78, 5) is 12.4. The van der Waals surface area contributed by atoms with Crippen molar-refractivity contribution in [2.75, 3.05) is 5.75 Å². The predicted octanol–water partition coefficient (Wildman–Crippen LogP) is 3.47. The second-order valence-corrected chi connectivity index (χ2v) is 7.63. The number of carbonyl (C=O) groups excluding carboxylic acids is 1. The molecule has 2 aromatic rings. The molecule has 0 unspecified atom stereocenters. The van der Waals surface area contributed by atoms with Gasteiger partial charge in [0.25, 0.3) is 0 Å². The van der Waals surface area contributed by atoms with Gasteiger partial charge in [0.15, 0.2) is 11.0 Å². The van der Waals surface area contributed by atoms with Gasteiger partial charge in [-0.25, -0.2) is 0 Å². The van der Waals surface area contributed by atoms with Crippen LogP contribution in [0.4, 0.5) is 0 Å². The number of amides is 1. The van der Waals surface area contributed by atoms with Crippen LogP contribution in [0.5, 0.6) is 0 Å². The molecule has 0 spiro atoms. The van der Waals surface area contributed by atoms with E-state index in [1.807, 2.05) is 17.6 Å². The van der Waals surface area contributed by atoms with Crippen LogP contribution in [0.15, 0.2) is 34.6 Å². The third-order valence-electron chi connectivity index (χ3n) is 4.76. The molecule has 0 aliphatic heterocycles. The van der Waals surface area contributed by atoms with E-state index in [4.69, 9.17) is 4.42 Å². The highest BCUT2D eigenvalue weighted by Gasteiger charge is 2.33. The largest absolute Gasteiger partial charge is 0.469 e. The van der Waals surface area contributed by atoms with E-state index in [1.54, 1.807) is 12.3 Å². The molecule has 1 fully saturated rings. The Morgan fingerprint density at radius 3 is 2.89 bits per heavy atom. The van der Waals surface area contributed by atoms with Gasteiger partial charge in [-0.1, -0.05) is 37.1 Å². The number of hydrogen-bond donors (Lipinski definition) is 1. The van der Waals surface area contributed by atoms with Gasteiger partial charge in [-0.05, 0) is 25.8 Å². The van der Waals surface area contributed by atoms with Crippen molar-refractivity contribution in [3.05, 3.63) is 30.7 Å². The minimum Gasteiger partial charge on any atom is -0.469 e. The molecule has 1 amide bonds. The second-order valence-electron chi connectivity index (χ2n) is 6.69. The number of rotatable bonds is 7. The first kappa shape index (κ1) is 19.2. The molecule has 1 saturated carbocycles. The number of nitrogens with one attached hydrogen (secondary N) is 1. The number of aromatic nitrogens is 3. The molecule has 3 rings (SSSR count). The van der Waals surface area contributed by atoms with Gasteiger partial charge in [0, 0.05) is 6.54 Å². The number of nitriles is 1. The van der Waals surface area contributed by atoms with Crippen LogP contribution in [0.1, 0.15) is 37.9 Å². The fourth-order valence-corrected chi connectivity index (χ4v) is 4.11. The summed E-state index contributed by atoms with van der Waals surface area (Å²) < 4.78 is 7.27. The summed E-state index contributed by atoms with van der Waals surface area (Å²) in [6.45, 7) is 6.19. The maximum atomic E-state index is 12.4. The van der Waals surface area contributed by atoms with Crippen LogP contribution in [-0.2, 0) is 11.3 Å². The number of hydrogen-bond acceptors (Lipinski definition) is 6. The lowest BCUT2D eigenvalue weighted by atomic mass is 9.83. The highest BCUT2D eigenvalue weighted by Crippen LogP contribution is 2.29. The van der Waals surface area contributed by atoms with Crippen molar-refractivity contribution in [2.24, 2.45) is 0 Å². The Hall–Kier alpha value is -2.53. The smallest absolute Gasteiger partial charge is 0.231 e. The standard InChI is InChI=1S/C19H23N5O2S/c1-3-10-24-17(15-7-11-26-14(15)2)22-23-18(24)27-12-16(25)21-19(13-20)8-5-4-6-9-19/h3,7,11H,1,4-6,8-10,12H2,2H3,(H,21,25). The summed E-state index contributed by atoms with van der Waals surface area (Å²) in [7, 11) is 0. The van der Waals surface area contributed by atoms with Crippen LogP contribution in [0, 0.1) is 18.3 Å². The molecule has 7 nitrogen and oxygen atoms in total. The van der Waals surface area contributed by atoms with Crippen LogP contribution in [0.2, 0.25) is 0 Å². The van der Waals surface area contributed by atoms with Crippen LogP contribution in [0.3, 0.4) is 0 Å². The second kappa shape index (κ2) is 8.44. The molecule has 0 saturated heterocycles. The quantitative estimate of drug-likeness (QED) is 0.579. The fourth-order valence-electron chi connectivity index (χ4n) is 3.36. The van der Waals surface area contributed by atoms with Crippen molar-refractivity contribution in [1.82, 2.24) is 20.1 Å². The monoisotopic (exact) mass is 385 g/mol. The van der Waals surface area contributed by atoms with E-state index in [0.717, 1.165) is 43.4 Å². The Morgan fingerprint density at radius 2 is 2.26 bits per heavy atom. The summed E-state index contributed by atoms with van der Waals surface area (Å²) in [6.07, 6.45) is 7.88. The van der Waals surface area contributed by atoms with Crippen molar-refractivity contribution >= 4 is 17.7 Å². The molecule has 0 aromatic carbocycles. The van der Waals surface area contributed by atoms with Gasteiger partial charge in [-0.3, -0.25) is 9.36 Å². The van der Waals surface area contributed by atoms with Crippen LogP contribution in [-0.4, -0.2) is 32.0 Å². The SMILES string of the molecule is C=CCn1c(SCC(=O)NC2(C#N)CCCCC2)nnc1-c1ccoc1C. The van der Waals surface area contributed by atoms with Crippen LogP contribution < -0.4 is 5.32 Å². The zero-order valence-corrected chi connectivity index (χ0v) is 16.2. The molecular weight excluding hydrogens is 362 g/mol. The Balaban J connectivity index is 1.70. The van der Waals surface area contributed by atoms with Crippen LogP contribution in [0.25, 0.3) is 11.4 Å². The summed E-state index contributed by atoms with van der Waals surface area (Å²) in [5, 5.41) is 21.6. The van der Waals surface area contributed by atoms with Crippen molar-refractivity contribution < 1.29 is 9.21 Å². The van der Waals surface area contributed by atoms with Crippen molar-refractivity contribution in [3.63, 3.8) is 0 Å². The summed E-state index contributed by atoms with van der Waals surface area (Å²) in [5.74, 6) is 1.47. The molecule has 1 aliphatic carbocycles. The molecule has 27 heavy (non-hydrogen) atoms. The molecule has 0 bridgehead atoms. The molecule has 0 radical (unpaired) electrons.